The van der Waals surface area contributed by atoms with E-state index in [2.05, 4.69) is 88.0 Å². The van der Waals surface area contributed by atoms with Crippen molar-refractivity contribution in [2.75, 3.05) is 19.0 Å². The SMILES string of the molecule is Cc1cccn2c(C(CC(=O)NC(C)CCc3ccccc3)c3ccc(N(C)C)cc3)cnc12. The number of nitrogens with zero attached hydrogens (tertiary/aromatic N) is 3. The van der Waals surface area contributed by atoms with Crippen LogP contribution >= 0.6 is 0 Å². The van der Waals surface area contributed by atoms with E-state index in [4.69, 9.17) is 0 Å². The van der Waals surface area contributed by atoms with E-state index >= 15 is 0 Å². The number of nitrogens with one attached hydrogen (secondary N) is 1. The van der Waals surface area contributed by atoms with Gasteiger partial charge in [-0.2, -0.15) is 0 Å². The van der Waals surface area contributed by atoms with Crippen LogP contribution < -0.4 is 10.2 Å². The molecule has 0 aliphatic heterocycles. The van der Waals surface area contributed by atoms with Crippen molar-refractivity contribution in [3.8, 4) is 0 Å². The molecule has 176 valence electrons. The maximum absolute atomic E-state index is 13.2. The van der Waals surface area contributed by atoms with Crippen molar-refractivity contribution in [1.29, 1.82) is 0 Å². The number of aromatic nitrogens is 2. The minimum atomic E-state index is -0.0886. The zero-order valence-corrected chi connectivity index (χ0v) is 20.5. The van der Waals surface area contributed by atoms with E-state index < -0.39 is 0 Å². The van der Waals surface area contributed by atoms with Crippen molar-refractivity contribution in [2.24, 2.45) is 0 Å². The normalized spacial score (nSPS) is 12.9. The predicted octanol–water partition coefficient (Wildman–Crippen LogP) is 5.37. The molecule has 0 aliphatic rings. The summed E-state index contributed by atoms with van der Waals surface area (Å²) in [7, 11) is 4.06. The molecule has 2 aromatic carbocycles. The number of fused-ring (bicyclic) bond motifs is 1. The first-order chi connectivity index (χ1) is 16.4. The molecule has 2 heterocycles. The topological polar surface area (TPSA) is 49.6 Å². The van der Waals surface area contributed by atoms with Crippen LogP contribution in [0.15, 0.2) is 79.1 Å². The number of aryl methyl sites for hydroxylation is 2. The van der Waals surface area contributed by atoms with E-state index in [1.807, 2.05) is 38.6 Å². The zero-order chi connectivity index (χ0) is 24.1. The van der Waals surface area contributed by atoms with Gasteiger partial charge < -0.3 is 14.6 Å². The average Bonchev–Trinajstić information content (AvgIpc) is 3.27. The third-order valence-corrected chi connectivity index (χ3v) is 6.43. The molecule has 0 saturated heterocycles. The maximum Gasteiger partial charge on any atom is 0.221 e. The van der Waals surface area contributed by atoms with Crippen molar-refractivity contribution < 1.29 is 4.79 Å². The maximum atomic E-state index is 13.2. The van der Waals surface area contributed by atoms with Gasteiger partial charge in [-0.1, -0.05) is 48.5 Å². The van der Waals surface area contributed by atoms with E-state index in [1.54, 1.807) is 0 Å². The Bertz CT molecular complexity index is 1230. The molecule has 2 atom stereocenters. The lowest BCUT2D eigenvalue weighted by Crippen LogP contribution is -2.34. The summed E-state index contributed by atoms with van der Waals surface area (Å²) in [6, 6.07) is 23.1. The number of carbonyl (C=O) groups is 1. The largest absolute Gasteiger partial charge is 0.378 e. The van der Waals surface area contributed by atoms with Gasteiger partial charge in [0, 0.05) is 50.6 Å². The highest BCUT2D eigenvalue weighted by Crippen LogP contribution is 2.30. The molecule has 2 unspecified atom stereocenters. The predicted molar refractivity (Wildman–Crippen MR) is 140 cm³/mol. The summed E-state index contributed by atoms with van der Waals surface area (Å²) in [5.74, 6) is -0.0285. The van der Waals surface area contributed by atoms with Crippen molar-refractivity contribution in [2.45, 2.75) is 45.1 Å². The smallest absolute Gasteiger partial charge is 0.221 e. The van der Waals surface area contributed by atoms with Gasteiger partial charge in [0.25, 0.3) is 0 Å². The van der Waals surface area contributed by atoms with Crippen LogP contribution in [0.1, 0.15) is 48.1 Å². The van der Waals surface area contributed by atoms with E-state index in [9.17, 15) is 4.79 Å². The van der Waals surface area contributed by atoms with Crippen LogP contribution in [0.5, 0.6) is 0 Å². The third-order valence-electron chi connectivity index (χ3n) is 6.43. The lowest BCUT2D eigenvalue weighted by atomic mass is 9.91. The minimum absolute atomic E-state index is 0.0600. The van der Waals surface area contributed by atoms with E-state index in [1.165, 1.54) is 5.56 Å². The van der Waals surface area contributed by atoms with Crippen LogP contribution in [0.25, 0.3) is 5.65 Å². The van der Waals surface area contributed by atoms with Gasteiger partial charge in [0.15, 0.2) is 0 Å². The van der Waals surface area contributed by atoms with Crippen LogP contribution in [-0.2, 0) is 11.2 Å². The molecular weight excluding hydrogens is 420 g/mol. The molecule has 5 nitrogen and oxygen atoms in total. The molecule has 0 saturated carbocycles. The summed E-state index contributed by atoms with van der Waals surface area (Å²) in [6.07, 6.45) is 6.18. The van der Waals surface area contributed by atoms with Crippen molar-refractivity contribution in [1.82, 2.24) is 14.7 Å². The third kappa shape index (κ3) is 5.48. The number of hydrogen-bond donors (Lipinski definition) is 1. The fraction of sp³-hybridized carbons (Fsp3) is 0.310. The molecule has 34 heavy (non-hydrogen) atoms. The number of anilines is 1. The highest BCUT2D eigenvalue weighted by molar-refractivity contribution is 5.78. The van der Waals surface area contributed by atoms with Gasteiger partial charge in [0.1, 0.15) is 5.65 Å². The van der Waals surface area contributed by atoms with Gasteiger partial charge in [-0.25, -0.2) is 4.98 Å². The van der Waals surface area contributed by atoms with Gasteiger partial charge >= 0.3 is 0 Å². The zero-order valence-electron chi connectivity index (χ0n) is 20.5. The lowest BCUT2D eigenvalue weighted by molar-refractivity contribution is -0.121. The number of hydrogen-bond acceptors (Lipinski definition) is 3. The monoisotopic (exact) mass is 454 g/mol. The van der Waals surface area contributed by atoms with Gasteiger partial charge in [0.05, 0.1) is 5.69 Å². The molecule has 2 aromatic heterocycles. The number of pyridine rings is 1. The average molecular weight is 455 g/mol. The number of imidazole rings is 1. The van der Waals surface area contributed by atoms with Crippen molar-refractivity contribution in [3.05, 3.63) is 102 Å². The Balaban J connectivity index is 1.54. The van der Waals surface area contributed by atoms with Crippen LogP contribution in [0, 0.1) is 6.92 Å². The second-order valence-electron chi connectivity index (χ2n) is 9.30. The molecule has 0 aliphatic carbocycles. The summed E-state index contributed by atoms with van der Waals surface area (Å²) in [5.41, 5.74) is 6.63. The van der Waals surface area contributed by atoms with Crippen molar-refractivity contribution >= 4 is 17.2 Å². The molecule has 1 amide bonds. The minimum Gasteiger partial charge on any atom is -0.378 e. The van der Waals surface area contributed by atoms with Crippen molar-refractivity contribution in [3.63, 3.8) is 0 Å². The lowest BCUT2D eigenvalue weighted by Gasteiger charge is -2.21. The number of carbonyl (C=O) groups excluding carboxylic acids is 1. The Labute approximate surface area is 202 Å². The highest BCUT2D eigenvalue weighted by atomic mass is 16.1. The van der Waals surface area contributed by atoms with Gasteiger partial charge in [-0.05, 0) is 61.6 Å². The molecule has 5 heteroatoms. The first kappa shape index (κ1) is 23.6. The second-order valence-corrected chi connectivity index (χ2v) is 9.30. The molecule has 0 bridgehead atoms. The Kier molecular flexibility index (Phi) is 7.31. The van der Waals surface area contributed by atoms with E-state index in [-0.39, 0.29) is 17.9 Å². The molecule has 1 N–H and O–H groups in total. The quantitative estimate of drug-likeness (QED) is 0.370. The second kappa shape index (κ2) is 10.6. The molecule has 0 spiro atoms. The number of amides is 1. The Morgan fingerprint density at radius 2 is 1.76 bits per heavy atom. The standard InChI is InChI=1S/C29H34N4O/c1-21-9-8-18-33-27(20-30-29(21)33)26(24-14-16-25(17-15-24)32(3)4)19-28(34)31-22(2)12-13-23-10-6-5-7-11-23/h5-11,14-18,20,22,26H,12-13,19H2,1-4H3,(H,31,34). The first-order valence-corrected chi connectivity index (χ1v) is 12.0. The molecule has 4 aromatic rings. The molecule has 0 radical (unpaired) electrons. The van der Waals surface area contributed by atoms with E-state index in [0.717, 1.165) is 41.0 Å². The summed E-state index contributed by atoms with van der Waals surface area (Å²) < 4.78 is 2.12. The van der Waals surface area contributed by atoms with Gasteiger partial charge in [-0.15, -0.1) is 0 Å². The fourth-order valence-electron chi connectivity index (χ4n) is 4.45. The Morgan fingerprint density at radius 3 is 2.47 bits per heavy atom. The van der Waals surface area contributed by atoms with Gasteiger partial charge in [0.2, 0.25) is 5.91 Å². The summed E-state index contributed by atoms with van der Waals surface area (Å²) in [6.45, 7) is 4.15. The van der Waals surface area contributed by atoms with E-state index in [0.29, 0.717) is 6.42 Å². The summed E-state index contributed by atoms with van der Waals surface area (Å²) in [5, 5.41) is 3.22. The summed E-state index contributed by atoms with van der Waals surface area (Å²) >= 11 is 0. The number of rotatable bonds is 9. The molecule has 4 rings (SSSR count). The summed E-state index contributed by atoms with van der Waals surface area (Å²) in [4.78, 5) is 19.9. The van der Waals surface area contributed by atoms with Crippen LogP contribution in [0.3, 0.4) is 0 Å². The highest BCUT2D eigenvalue weighted by Gasteiger charge is 2.23. The first-order valence-electron chi connectivity index (χ1n) is 12.0. The molecular formula is C29H34N4O. The Hall–Kier alpha value is -3.60. The number of benzene rings is 2. The van der Waals surface area contributed by atoms with Gasteiger partial charge in [-0.3, -0.25) is 4.79 Å². The fourth-order valence-corrected chi connectivity index (χ4v) is 4.45. The molecule has 0 fully saturated rings. The van der Waals surface area contributed by atoms with Crippen LogP contribution in [-0.4, -0.2) is 35.4 Å². The van der Waals surface area contributed by atoms with Crippen LogP contribution in [0.2, 0.25) is 0 Å². The Morgan fingerprint density at radius 1 is 1.03 bits per heavy atom. The van der Waals surface area contributed by atoms with Crippen LogP contribution in [0.4, 0.5) is 5.69 Å².